The average molecular weight is 847 g/mol. The minimum absolute atomic E-state index is 0. The second kappa shape index (κ2) is 15.9. The molecule has 3 aromatic heterocycles. The van der Waals surface area contributed by atoms with Crippen LogP contribution in [0.5, 0.6) is 0 Å². The molecule has 0 aliphatic carbocycles. The molecule has 7 aromatic rings. The van der Waals surface area contributed by atoms with E-state index in [9.17, 15) is 39.6 Å². The zero-order chi connectivity index (χ0) is 41.7. The Balaban J connectivity index is 0.00000514. The zero-order valence-electron chi connectivity index (χ0n) is 31.5. The van der Waals surface area contributed by atoms with Gasteiger partial charge in [0.2, 0.25) is 0 Å². The number of aromatic nitrogens is 4. The molecule has 8 bridgehead atoms. The summed E-state index contributed by atoms with van der Waals surface area (Å²) in [5.74, 6) is -4.25. The van der Waals surface area contributed by atoms with Gasteiger partial charge in [0.1, 0.15) is 0 Å². The van der Waals surface area contributed by atoms with Crippen LogP contribution in [0.15, 0.2) is 121 Å². The molecule has 9 rings (SSSR count). The van der Waals surface area contributed by atoms with E-state index in [1.54, 1.807) is 48.5 Å². The van der Waals surface area contributed by atoms with Crippen molar-refractivity contribution in [1.82, 2.24) is 19.9 Å². The van der Waals surface area contributed by atoms with Gasteiger partial charge >= 0.3 is 40.9 Å². The summed E-state index contributed by atoms with van der Waals surface area (Å²) in [5.41, 5.74) is 10.7. The Bertz CT molecular complexity index is 3030. The number of fused-ring (bicyclic) bond motifs is 8. The van der Waals surface area contributed by atoms with Crippen molar-refractivity contribution in [2.75, 3.05) is 0 Å². The minimum atomic E-state index is -1.07. The van der Waals surface area contributed by atoms with Gasteiger partial charge in [0.25, 0.3) is 0 Å². The number of rotatable bonds is 8. The summed E-state index contributed by atoms with van der Waals surface area (Å²) in [6.07, 6.45) is 7.42. The molecule has 0 saturated heterocycles. The number of aromatic carboxylic acids is 4. The van der Waals surface area contributed by atoms with E-state index >= 15 is 0 Å². The van der Waals surface area contributed by atoms with Gasteiger partial charge in [-0.15, -0.1) is 0 Å². The van der Waals surface area contributed by atoms with Crippen LogP contribution in [0.3, 0.4) is 0 Å². The third-order valence-corrected chi connectivity index (χ3v) is 10.4. The van der Waals surface area contributed by atoms with Crippen molar-refractivity contribution in [3.63, 3.8) is 0 Å². The number of benzene rings is 4. The number of nitrogens with zero attached hydrogens (tertiary/aromatic N) is 2. The first-order valence-corrected chi connectivity index (χ1v) is 18.5. The van der Waals surface area contributed by atoms with Gasteiger partial charge in [0.15, 0.2) is 0 Å². The SMILES string of the molecule is O=C(O)c1ccc(-c2c3nc(c(-c4ccc(C(=O)O)cc4)c4ccc([nH]4)c(-c4ccc(C(=O)O)cc4)c4ccc([nH]4)c(-c4ccc(C(=O)O)cc4)c4nc2C=C4)C=C3)cc1.[Fe+2]. The van der Waals surface area contributed by atoms with Crippen molar-refractivity contribution in [1.29, 1.82) is 0 Å². The van der Waals surface area contributed by atoms with Crippen LogP contribution in [0, 0.1) is 0 Å². The fourth-order valence-corrected chi connectivity index (χ4v) is 7.54. The predicted molar refractivity (Wildman–Crippen MR) is 228 cm³/mol. The summed E-state index contributed by atoms with van der Waals surface area (Å²) in [4.78, 5) is 64.8. The molecule has 296 valence electrons. The summed E-state index contributed by atoms with van der Waals surface area (Å²) in [6.45, 7) is 0. The van der Waals surface area contributed by atoms with Gasteiger partial charge in [-0.3, -0.25) is 0 Å². The van der Waals surface area contributed by atoms with E-state index in [-0.39, 0.29) is 39.3 Å². The number of aromatic amines is 2. The third-order valence-electron chi connectivity index (χ3n) is 10.4. The Hall–Kier alpha value is -8.12. The minimum Gasteiger partial charge on any atom is -0.478 e. The molecule has 2 aliphatic heterocycles. The molecule has 0 unspecified atom stereocenters. The Kier molecular flexibility index (Phi) is 10.4. The fraction of sp³-hybridized carbons (Fsp3) is 0. The largest absolute Gasteiger partial charge is 2.00 e. The third kappa shape index (κ3) is 7.42. The van der Waals surface area contributed by atoms with E-state index in [1.165, 1.54) is 48.5 Å². The van der Waals surface area contributed by atoms with E-state index in [4.69, 9.17) is 9.97 Å². The summed E-state index contributed by atoms with van der Waals surface area (Å²) in [7, 11) is 0. The van der Waals surface area contributed by atoms with Gasteiger partial charge in [0.05, 0.1) is 45.0 Å². The maximum absolute atomic E-state index is 11.8. The Labute approximate surface area is 356 Å². The monoisotopic (exact) mass is 846 g/mol. The number of hydrogen-bond donors (Lipinski definition) is 6. The smallest absolute Gasteiger partial charge is 0.478 e. The normalized spacial score (nSPS) is 11.5. The van der Waals surface area contributed by atoms with Gasteiger partial charge < -0.3 is 30.4 Å². The number of H-pyrrole nitrogens is 2. The molecular weight excluding hydrogens is 816 g/mol. The molecule has 2 aliphatic rings. The van der Waals surface area contributed by atoms with Crippen LogP contribution in [0.4, 0.5) is 0 Å². The molecule has 4 aromatic carbocycles. The van der Waals surface area contributed by atoms with Crippen LogP contribution < -0.4 is 0 Å². The maximum Gasteiger partial charge on any atom is 2.00 e. The number of carbonyl (C=O) groups is 4. The molecule has 6 N–H and O–H groups in total. The second-order valence-corrected chi connectivity index (χ2v) is 14.0. The second-order valence-electron chi connectivity index (χ2n) is 14.0. The standard InChI is InChI=1S/C48H30N4O8.Fe/c53-45(54)29-9-1-25(2-10-29)41-33-17-19-35(49-33)42(26-3-11-30(12-4-26)46(55)56)37-21-23-39(51-37)44(28-7-15-32(16-8-28)48(59)60)40-24-22-38(52-40)43(36-20-18-34(41)50-36)27-5-13-31(14-6-27)47(57)58;/h1-24,49-50H,(H,53,54)(H,55,56)(H,57,58)(H,59,60);/q;+2. The molecule has 0 radical (unpaired) electrons. The Morgan fingerprint density at radius 2 is 0.557 bits per heavy atom. The molecule has 5 heterocycles. The van der Waals surface area contributed by atoms with Crippen LogP contribution >= 0.6 is 0 Å². The van der Waals surface area contributed by atoms with Gasteiger partial charge in [-0.05, 0) is 119 Å². The van der Waals surface area contributed by atoms with Crippen LogP contribution in [0.25, 0.3) is 90.9 Å². The van der Waals surface area contributed by atoms with Gasteiger partial charge in [-0.1, -0.05) is 48.5 Å². The first kappa shape index (κ1) is 39.7. The molecule has 0 spiro atoms. The molecule has 12 nitrogen and oxygen atoms in total. The Morgan fingerprint density at radius 1 is 0.328 bits per heavy atom. The number of carboxylic acid groups (broad SMARTS) is 4. The van der Waals surface area contributed by atoms with Crippen LogP contribution in [0.2, 0.25) is 0 Å². The van der Waals surface area contributed by atoms with E-state index in [0.717, 1.165) is 0 Å². The molecule has 0 saturated carbocycles. The van der Waals surface area contributed by atoms with Gasteiger partial charge in [0, 0.05) is 44.3 Å². The number of hydrogen-bond acceptors (Lipinski definition) is 6. The van der Waals surface area contributed by atoms with Crippen molar-refractivity contribution in [2.45, 2.75) is 0 Å². The zero-order valence-corrected chi connectivity index (χ0v) is 32.6. The van der Waals surface area contributed by atoms with Crippen molar-refractivity contribution < 1.29 is 56.7 Å². The molecule has 0 fully saturated rings. The molecular formula is C48H30FeN4O8+2. The Morgan fingerprint density at radius 3 is 0.836 bits per heavy atom. The van der Waals surface area contributed by atoms with E-state index < -0.39 is 23.9 Å². The van der Waals surface area contributed by atoms with E-state index in [0.29, 0.717) is 89.4 Å². The first-order valence-electron chi connectivity index (χ1n) is 18.5. The van der Waals surface area contributed by atoms with E-state index in [2.05, 4.69) is 9.97 Å². The summed E-state index contributed by atoms with van der Waals surface area (Å²) in [5, 5.41) is 38.7. The van der Waals surface area contributed by atoms with Gasteiger partial charge in [-0.25, -0.2) is 29.1 Å². The predicted octanol–water partition coefficient (Wildman–Crippen LogP) is 10.1. The molecule has 0 atom stereocenters. The van der Waals surface area contributed by atoms with E-state index in [1.807, 2.05) is 48.6 Å². The van der Waals surface area contributed by atoms with Crippen molar-refractivity contribution in [2.24, 2.45) is 0 Å². The van der Waals surface area contributed by atoms with Crippen molar-refractivity contribution >= 4 is 70.2 Å². The van der Waals surface area contributed by atoms with Crippen LogP contribution in [0.1, 0.15) is 64.2 Å². The summed E-state index contributed by atoms with van der Waals surface area (Å²) < 4.78 is 0. The first-order chi connectivity index (χ1) is 29.0. The van der Waals surface area contributed by atoms with Crippen LogP contribution in [-0.2, 0) is 17.1 Å². The van der Waals surface area contributed by atoms with Gasteiger partial charge in [-0.2, -0.15) is 0 Å². The number of nitrogens with one attached hydrogen (secondary N) is 2. The average Bonchev–Trinajstić information content (AvgIpc) is 4.10. The molecule has 13 heteroatoms. The maximum atomic E-state index is 11.8. The van der Waals surface area contributed by atoms with Crippen molar-refractivity contribution in [3.05, 3.63) is 166 Å². The summed E-state index contributed by atoms with van der Waals surface area (Å²) in [6, 6.07) is 33.6. The fourth-order valence-electron chi connectivity index (χ4n) is 7.54. The van der Waals surface area contributed by atoms with Crippen LogP contribution in [-0.4, -0.2) is 64.2 Å². The summed E-state index contributed by atoms with van der Waals surface area (Å²) >= 11 is 0. The molecule has 0 amide bonds. The number of carboxylic acids is 4. The quantitative estimate of drug-likeness (QED) is 0.0798. The van der Waals surface area contributed by atoms with Crippen molar-refractivity contribution in [3.8, 4) is 44.5 Å². The topological polar surface area (TPSA) is 207 Å². The molecule has 61 heavy (non-hydrogen) atoms.